The first kappa shape index (κ1) is 9.01. The molecule has 11 heavy (non-hydrogen) atoms. The maximum absolute atomic E-state index is 5.42. The van der Waals surface area contributed by atoms with Gasteiger partial charge in [0.15, 0.2) is 0 Å². The largest absolute Gasteiger partial charge is 0.345 e. The summed E-state index contributed by atoms with van der Waals surface area (Å²) in [7, 11) is 0. The highest BCUT2D eigenvalue weighted by molar-refractivity contribution is 4.69. The van der Waals surface area contributed by atoms with Crippen molar-refractivity contribution >= 4 is 0 Å². The van der Waals surface area contributed by atoms with Crippen LogP contribution >= 0.6 is 0 Å². The molecule has 0 unspecified atom stereocenters. The van der Waals surface area contributed by atoms with Gasteiger partial charge in [-0.3, -0.25) is 0 Å². The third kappa shape index (κ3) is 3.73. The van der Waals surface area contributed by atoms with Gasteiger partial charge in [0.05, 0.1) is 13.2 Å². The lowest BCUT2D eigenvalue weighted by atomic mass is 10.2. The zero-order chi connectivity index (χ0) is 7.94. The molecule has 2 nitrogen and oxygen atoms in total. The summed E-state index contributed by atoms with van der Waals surface area (Å²) < 4.78 is 10.7. The Balaban J connectivity index is 1.96. The molecule has 1 rings (SSSR count). The second-order valence-electron chi connectivity index (χ2n) is 2.88. The van der Waals surface area contributed by atoms with E-state index < -0.39 is 0 Å². The molecular formula is C9H17O2. The quantitative estimate of drug-likeness (QED) is 0.584. The van der Waals surface area contributed by atoms with E-state index in [4.69, 9.17) is 9.47 Å². The second-order valence-corrected chi connectivity index (χ2v) is 2.88. The van der Waals surface area contributed by atoms with Crippen LogP contribution < -0.4 is 0 Å². The number of hydrogen-bond donors (Lipinski definition) is 0. The summed E-state index contributed by atoms with van der Waals surface area (Å²) in [5.41, 5.74) is 0. The molecule has 1 heterocycles. The minimum absolute atomic E-state index is 0.825. The smallest absolute Gasteiger partial charge is 0.223 e. The van der Waals surface area contributed by atoms with E-state index in [0.29, 0.717) is 0 Å². The molecule has 0 N–H and O–H groups in total. The van der Waals surface area contributed by atoms with E-state index in [0.717, 1.165) is 32.3 Å². The number of rotatable bonds is 4. The van der Waals surface area contributed by atoms with Gasteiger partial charge in [0.25, 0.3) is 0 Å². The van der Waals surface area contributed by atoms with Crippen LogP contribution in [0.1, 0.15) is 39.0 Å². The summed E-state index contributed by atoms with van der Waals surface area (Å²) >= 11 is 0. The van der Waals surface area contributed by atoms with E-state index in [1.165, 1.54) is 19.3 Å². The van der Waals surface area contributed by atoms with Crippen LogP contribution in [0.2, 0.25) is 0 Å². The van der Waals surface area contributed by atoms with Gasteiger partial charge >= 0.3 is 0 Å². The van der Waals surface area contributed by atoms with Gasteiger partial charge in [0, 0.05) is 6.42 Å². The minimum Gasteiger partial charge on any atom is -0.345 e. The summed E-state index contributed by atoms with van der Waals surface area (Å²) in [6.07, 6.45) is 6.59. The Morgan fingerprint density at radius 2 is 2.36 bits per heavy atom. The predicted molar refractivity (Wildman–Crippen MR) is 43.9 cm³/mol. The molecule has 65 valence electrons. The highest BCUT2D eigenvalue weighted by Gasteiger charge is 2.14. The van der Waals surface area contributed by atoms with Crippen molar-refractivity contribution in [2.45, 2.75) is 39.0 Å². The molecule has 0 saturated carbocycles. The average molecular weight is 157 g/mol. The van der Waals surface area contributed by atoms with Gasteiger partial charge in [-0.2, -0.15) is 0 Å². The van der Waals surface area contributed by atoms with Crippen LogP contribution in [0.25, 0.3) is 0 Å². The molecule has 0 amide bonds. The molecule has 0 atom stereocenters. The van der Waals surface area contributed by atoms with Crippen molar-refractivity contribution in [3.05, 3.63) is 6.29 Å². The molecule has 1 fully saturated rings. The van der Waals surface area contributed by atoms with Crippen LogP contribution in [0.15, 0.2) is 0 Å². The lowest BCUT2D eigenvalue weighted by Gasteiger charge is -2.20. The zero-order valence-corrected chi connectivity index (χ0v) is 7.27. The Hall–Kier alpha value is -0.0800. The summed E-state index contributed by atoms with van der Waals surface area (Å²) in [6, 6.07) is 0. The first-order chi connectivity index (χ1) is 5.43. The summed E-state index contributed by atoms with van der Waals surface area (Å²) in [5, 5.41) is 0. The Kier molecular flexibility index (Phi) is 4.55. The van der Waals surface area contributed by atoms with Gasteiger partial charge in [-0.05, 0) is 19.3 Å². The fraction of sp³-hybridized carbons (Fsp3) is 0.889. The fourth-order valence-corrected chi connectivity index (χ4v) is 1.07. The average Bonchev–Trinajstić information content (AvgIpc) is 2.07. The highest BCUT2D eigenvalue weighted by Crippen LogP contribution is 2.20. The van der Waals surface area contributed by atoms with Gasteiger partial charge in [0.2, 0.25) is 6.29 Å². The number of hydrogen-bond acceptors (Lipinski definition) is 2. The minimum atomic E-state index is 0.825. The monoisotopic (exact) mass is 157 g/mol. The van der Waals surface area contributed by atoms with Crippen LogP contribution in [-0.4, -0.2) is 13.2 Å². The van der Waals surface area contributed by atoms with Crippen molar-refractivity contribution in [1.82, 2.24) is 0 Å². The van der Waals surface area contributed by atoms with E-state index in [1.807, 2.05) is 0 Å². The molecule has 0 aromatic carbocycles. The molecule has 0 bridgehead atoms. The van der Waals surface area contributed by atoms with Crippen molar-refractivity contribution < 1.29 is 9.47 Å². The normalized spacial score (nSPS) is 20.5. The van der Waals surface area contributed by atoms with Gasteiger partial charge in [0.1, 0.15) is 0 Å². The topological polar surface area (TPSA) is 18.5 Å². The highest BCUT2D eigenvalue weighted by atomic mass is 16.7. The fourth-order valence-electron chi connectivity index (χ4n) is 1.07. The van der Waals surface area contributed by atoms with Gasteiger partial charge in [-0.1, -0.05) is 13.3 Å². The van der Waals surface area contributed by atoms with E-state index in [2.05, 4.69) is 6.92 Å². The molecule has 0 aromatic rings. The molecular weight excluding hydrogens is 140 g/mol. The predicted octanol–water partition coefficient (Wildman–Crippen LogP) is 2.49. The molecule has 1 aliphatic heterocycles. The second kappa shape index (κ2) is 5.56. The number of unbranched alkanes of at least 4 members (excludes halogenated alkanes) is 1. The molecule has 0 spiro atoms. The van der Waals surface area contributed by atoms with Gasteiger partial charge in [-0.25, -0.2) is 0 Å². The van der Waals surface area contributed by atoms with Crippen molar-refractivity contribution in [3.63, 3.8) is 0 Å². The van der Waals surface area contributed by atoms with Crippen LogP contribution in [0.3, 0.4) is 0 Å². The standard InChI is InChI=1S/C9H17O2/c1-2-3-7-10-9-6-4-5-8-11-9/h2-8H2,1H3. The lowest BCUT2D eigenvalue weighted by molar-refractivity contribution is -0.0696. The van der Waals surface area contributed by atoms with Gasteiger partial charge < -0.3 is 9.47 Å². The third-order valence-corrected chi connectivity index (χ3v) is 1.80. The van der Waals surface area contributed by atoms with Crippen molar-refractivity contribution in [2.24, 2.45) is 0 Å². The van der Waals surface area contributed by atoms with E-state index in [1.54, 1.807) is 0 Å². The Morgan fingerprint density at radius 3 is 3.00 bits per heavy atom. The molecule has 1 aliphatic rings. The van der Waals surface area contributed by atoms with E-state index in [9.17, 15) is 0 Å². The lowest BCUT2D eigenvalue weighted by Crippen LogP contribution is -2.14. The zero-order valence-electron chi connectivity index (χ0n) is 7.27. The third-order valence-electron chi connectivity index (χ3n) is 1.80. The van der Waals surface area contributed by atoms with Crippen LogP contribution in [0.4, 0.5) is 0 Å². The molecule has 1 radical (unpaired) electrons. The maximum atomic E-state index is 5.42. The Morgan fingerprint density at radius 1 is 1.45 bits per heavy atom. The van der Waals surface area contributed by atoms with Crippen LogP contribution in [-0.2, 0) is 9.47 Å². The summed E-state index contributed by atoms with van der Waals surface area (Å²) in [4.78, 5) is 0. The van der Waals surface area contributed by atoms with Crippen molar-refractivity contribution in [1.29, 1.82) is 0 Å². The van der Waals surface area contributed by atoms with Crippen LogP contribution in [0.5, 0.6) is 0 Å². The molecule has 0 aromatic heterocycles. The van der Waals surface area contributed by atoms with Crippen molar-refractivity contribution in [2.75, 3.05) is 13.2 Å². The Labute approximate surface area is 68.9 Å². The van der Waals surface area contributed by atoms with E-state index >= 15 is 0 Å². The number of ether oxygens (including phenoxy) is 2. The SMILES string of the molecule is CCCCO[C]1CCCCO1. The van der Waals surface area contributed by atoms with E-state index in [-0.39, 0.29) is 0 Å². The van der Waals surface area contributed by atoms with Gasteiger partial charge in [-0.15, -0.1) is 0 Å². The molecule has 0 aliphatic carbocycles. The Bertz CT molecular complexity index is 87.6. The maximum Gasteiger partial charge on any atom is 0.223 e. The molecule has 1 saturated heterocycles. The molecule has 2 heteroatoms. The van der Waals surface area contributed by atoms with Crippen LogP contribution in [0, 0.1) is 6.29 Å². The first-order valence-electron chi connectivity index (χ1n) is 4.55. The summed E-state index contributed by atoms with van der Waals surface area (Å²) in [5.74, 6) is 0. The first-order valence-corrected chi connectivity index (χ1v) is 4.55. The summed E-state index contributed by atoms with van der Waals surface area (Å²) in [6.45, 7) is 3.84. The van der Waals surface area contributed by atoms with Crippen molar-refractivity contribution in [3.8, 4) is 0 Å².